The minimum absolute atomic E-state index is 0.193. The summed E-state index contributed by atoms with van der Waals surface area (Å²) in [4.78, 5) is 23.6. The quantitative estimate of drug-likeness (QED) is 0.445. The van der Waals surface area contributed by atoms with Crippen LogP contribution in [0, 0.1) is 0 Å². The van der Waals surface area contributed by atoms with Crippen LogP contribution in [0.4, 0.5) is 0 Å². The predicted molar refractivity (Wildman–Crippen MR) is 95.7 cm³/mol. The maximum absolute atomic E-state index is 12.1. The molecule has 26 heavy (non-hydrogen) atoms. The molecule has 0 fully saturated rings. The molecule has 0 heterocycles. The Morgan fingerprint density at radius 3 is 2.08 bits per heavy atom. The number of methoxy groups -OCH3 is 1. The van der Waals surface area contributed by atoms with Crippen LogP contribution < -0.4 is 14.2 Å². The van der Waals surface area contributed by atoms with Crippen molar-refractivity contribution in [3.8, 4) is 17.2 Å². The number of esters is 1. The maximum Gasteiger partial charge on any atom is 0.343 e. The summed E-state index contributed by atoms with van der Waals surface area (Å²) in [5.74, 6) is 0.500. The molecule has 0 saturated carbocycles. The highest BCUT2D eigenvalue weighted by atomic mass is 16.5. The first-order valence-electron chi connectivity index (χ1n) is 7.87. The number of rotatable bonds is 8. The SMILES string of the molecule is C=C(C)C(=O)C(O)COc1ccc(C(=O)Oc2ccc(OC)cc2)cc1. The van der Waals surface area contributed by atoms with E-state index in [-0.39, 0.29) is 12.2 Å². The van der Waals surface area contributed by atoms with Crippen molar-refractivity contribution < 1.29 is 28.9 Å². The first-order valence-corrected chi connectivity index (χ1v) is 7.87. The van der Waals surface area contributed by atoms with Crippen LogP contribution in [0.1, 0.15) is 17.3 Å². The number of benzene rings is 2. The molecule has 6 heteroatoms. The van der Waals surface area contributed by atoms with E-state index in [0.29, 0.717) is 22.8 Å². The van der Waals surface area contributed by atoms with Crippen LogP contribution >= 0.6 is 0 Å². The molecule has 2 aromatic rings. The summed E-state index contributed by atoms with van der Waals surface area (Å²) in [6, 6.07) is 12.8. The van der Waals surface area contributed by atoms with Gasteiger partial charge in [-0.3, -0.25) is 4.79 Å². The van der Waals surface area contributed by atoms with Crippen molar-refractivity contribution in [3.63, 3.8) is 0 Å². The monoisotopic (exact) mass is 356 g/mol. The Morgan fingerprint density at radius 1 is 1.00 bits per heavy atom. The standard InChI is InChI=1S/C20H20O6/c1-13(2)19(22)18(21)12-25-16-6-4-14(5-7-16)20(23)26-17-10-8-15(24-3)9-11-17/h4-11,18,21H,1,12H2,2-3H3. The van der Waals surface area contributed by atoms with Crippen molar-refractivity contribution in [2.45, 2.75) is 13.0 Å². The van der Waals surface area contributed by atoms with Gasteiger partial charge >= 0.3 is 5.97 Å². The van der Waals surface area contributed by atoms with Gasteiger partial charge in [-0.25, -0.2) is 4.79 Å². The van der Waals surface area contributed by atoms with Gasteiger partial charge in [0.15, 0.2) is 11.9 Å². The summed E-state index contributed by atoms with van der Waals surface area (Å²) in [5.41, 5.74) is 0.601. The van der Waals surface area contributed by atoms with Gasteiger partial charge in [0.2, 0.25) is 0 Å². The molecular formula is C20H20O6. The van der Waals surface area contributed by atoms with Gasteiger partial charge in [-0.15, -0.1) is 0 Å². The first kappa shape index (κ1) is 19.2. The zero-order valence-electron chi connectivity index (χ0n) is 14.6. The molecule has 0 saturated heterocycles. The summed E-state index contributed by atoms with van der Waals surface area (Å²) in [5, 5.41) is 9.68. The third-order valence-corrected chi connectivity index (χ3v) is 3.49. The summed E-state index contributed by atoms with van der Waals surface area (Å²) in [6.45, 7) is 4.81. The van der Waals surface area contributed by atoms with Crippen molar-refractivity contribution in [1.29, 1.82) is 0 Å². The Kier molecular flexibility index (Phi) is 6.52. The fourth-order valence-corrected chi connectivity index (χ4v) is 2.03. The number of aliphatic hydroxyl groups excluding tert-OH is 1. The molecule has 6 nitrogen and oxygen atoms in total. The van der Waals surface area contributed by atoms with Gasteiger partial charge in [-0.05, 0) is 61.0 Å². The van der Waals surface area contributed by atoms with Crippen LogP contribution in [0.15, 0.2) is 60.7 Å². The molecule has 0 bridgehead atoms. The second-order valence-corrected chi connectivity index (χ2v) is 5.56. The van der Waals surface area contributed by atoms with Gasteiger partial charge in [-0.2, -0.15) is 0 Å². The lowest BCUT2D eigenvalue weighted by Gasteiger charge is -2.11. The lowest BCUT2D eigenvalue weighted by Crippen LogP contribution is -2.27. The van der Waals surface area contributed by atoms with E-state index >= 15 is 0 Å². The highest BCUT2D eigenvalue weighted by Crippen LogP contribution is 2.19. The smallest absolute Gasteiger partial charge is 0.343 e. The van der Waals surface area contributed by atoms with E-state index in [1.807, 2.05) is 0 Å². The summed E-state index contributed by atoms with van der Waals surface area (Å²) >= 11 is 0. The number of carbonyl (C=O) groups is 2. The molecule has 136 valence electrons. The van der Waals surface area contributed by atoms with Crippen molar-refractivity contribution in [2.75, 3.05) is 13.7 Å². The summed E-state index contributed by atoms with van der Waals surface area (Å²) < 4.78 is 15.6. The van der Waals surface area contributed by atoms with Gasteiger partial charge < -0.3 is 19.3 Å². The van der Waals surface area contributed by atoms with E-state index in [1.54, 1.807) is 43.5 Å². The number of Topliss-reactive ketones (excluding diaryl/α,β-unsaturated/α-hetero) is 1. The van der Waals surface area contributed by atoms with Crippen LogP contribution in [0.5, 0.6) is 17.2 Å². The Morgan fingerprint density at radius 2 is 1.54 bits per heavy atom. The Labute approximate surface area is 151 Å². The average molecular weight is 356 g/mol. The molecule has 1 N–H and O–H groups in total. The van der Waals surface area contributed by atoms with E-state index in [9.17, 15) is 14.7 Å². The van der Waals surface area contributed by atoms with Crippen molar-refractivity contribution in [2.24, 2.45) is 0 Å². The summed E-state index contributed by atoms with van der Waals surface area (Å²) in [6.07, 6.45) is -1.27. The van der Waals surface area contributed by atoms with Gasteiger partial charge in [-0.1, -0.05) is 6.58 Å². The predicted octanol–water partition coefficient (Wildman–Crippen LogP) is 2.80. The Hall–Kier alpha value is -3.12. The van der Waals surface area contributed by atoms with E-state index in [0.717, 1.165) is 0 Å². The van der Waals surface area contributed by atoms with Crippen LogP contribution in [0.2, 0.25) is 0 Å². The molecule has 2 aromatic carbocycles. The topological polar surface area (TPSA) is 82.1 Å². The molecule has 0 aliphatic carbocycles. The summed E-state index contributed by atoms with van der Waals surface area (Å²) in [7, 11) is 1.55. The Balaban J connectivity index is 1.92. The lowest BCUT2D eigenvalue weighted by atomic mass is 10.1. The van der Waals surface area contributed by atoms with E-state index in [1.165, 1.54) is 19.1 Å². The zero-order chi connectivity index (χ0) is 19.1. The molecule has 1 unspecified atom stereocenters. The zero-order valence-corrected chi connectivity index (χ0v) is 14.6. The van der Waals surface area contributed by atoms with Crippen LogP contribution in [-0.4, -0.2) is 36.7 Å². The van der Waals surface area contributed by atoms with E-state index in [4.69, 9.17) is 14.2 Å². The first-order chi connectivity index (χ1) is 12.4. The second kappa shape index (κ2) is 8.82. The number of carbonyl (C=O) groups excluding carboxylic acids is 2. The molecule has 0 aliphatic heterocycles. The van der Waals surface area contributed by atoms with E-state index in [2.05, 4.69) is 6.58 Å². The average Bonchev–Trinajstić information content (AvgIpc) is 2.66. The third-order valence-electron chi connectivity index (χ3n) is 3.49. The largest absolute Gasteiger partial charge is 0.497 e. The highest BCUT2D eigenvalue weighted by Gasteiger charge is 2.16. The van der Waals surface area contributed by atoms with Gasteiger partial charge in [0, 0.05) is 0 Å². The molecule has 0 amide bonds. The third kappa shape index (κ3) is 5.19. The Bertz CT molecular complexity index is 777. The van der Waals surface area contributed by atoms with Crippen molar-refractivity contribution in [1.82, 2.24) is 0 Å². The minimum atomic E-state index is -1.27. The molecule has 0 aromatic heterocycles. The number of hydrogen-bond acceptors (Lipinski definition) is 6. The maximum atomic E-state index is 12.1. The molecular weight excluding hydrogens is 336 g/mol. The van der Waals surface area contributed by atoms with Gasteiger partial charge in [0.05, 0.1) is 12.7 Å². The normalized spacial score (nSPS) is 11.3. The highest BCUT2D eigenvalue weighted by molar-refractivity contribution is 5.97. The number of ketones is 1. The molecule has 0 aliphatic rings. The number of hydrogen-bond donors (Lipinski definition) is 1. The number of aliphatic hydroxyl groups is 1. The molecule has 2 rings (SSSR count). The molecule has 0 radical (unpaired) electrons. The van der Waals surface area contributed by atoms with E-state index < -0.39 is 17.9 Å². The van der Waals surface area contributed by atoms with Crippen LogP contribution in [0.3, 0.4) is 0 Å². The van der Waals surface area contributed by atoms with Crippen LogP contribution in [0.25, 0.3) is 0 Å². The number of ether oxygens (including phenoxy) is 3. The van der Waals surface area contributed by atoms with Crippen molar-refractivity contribution >= 4 is 11.8 Å². The minimum Gasteiger partial charge on any atom is -0.497 e. The lowest BCUT2D eigenvalue weighted by molar-refractivity contribution is -0.124. The van der Waals surface area contributed by atoms with Gasteiger partial charge in [0.25, 0.3) is 0 Å². The van der Waals surface area contributed by atoms with Crippen molar-refractivity contribution in [3.05, 3.63) is 66.2 Å². The van der Waals surface area contributed by atoms with Crippen LogP contribution in [-0.2, 0) is 4.79 Å². The second-order valence-electron chi connectivity index (χ2n) is 5.56. The van der Waals surface area contributed by atoms with Gasteiger partial charge in [0.1, 0.15) is 23.9 Å². The molecule has 1 atom stereocenters. The fourth-order valence-electron chi connectivity index (χ4n) is 2.03. The fraction of sp³-hybridized carbons (Fsp3) is 0.200. The molecule has 0 spiro atoms.